The molecule has 0 aliphatic rings. The quantitative estimate of drug-likeness (QED) is 0.706. The summed E-state index contributed by atoms with van der Waals surface area (Å²) in [5.74, 6) is 0.223. The Morgan fingerprint density at radius 2 is 2.29 bits per heavy atom. The molecule has 14 heavy (non-hydrogen) atoms. The molecule has 1 aromatic heterocycles. The molecule has 1 aromatic rings. The third-order valence-corrected chi connectivity index (χ3v) is 1.77. The van der Waals surface area contributed by atoms with Gasteiger partial charge in [-0.3, -0.25) is 10.1 Å². The molecule has 0 aromatic carbocycles. The number of unbranched alkanes of at least 4 members (excludes halogenated alkanes) is 2. The van der Waals surface area contributed by atoms with Gasteiger partial charge in [0.05, 0.1) is 7.05 Å². The van der Waals surface area contributed by atoms with Gasteiger partial charge in [-0.1, -0.05) is 24.9 Å². The third kappa shape index (κ3) is 3.51. The first-order valence-corrected chi connectivity index (χ1v) is 4.76. The van der Waals surface area contributed by atoms with Crippen LogP contribution in [0.3, 0.4) is 0 Å². The Bertz CT molecular complexity index is 296. The number of anilines is 1. The topological polar surface area (TPSA) is 72.7 Å². The van der Waals surface area contributed by atoms with Crippen molar-refractivity contribution < 1.29 is 4.79 Å². The second-order valence-corrected chi connectivity index (χ2v) is 3.11. The number of carbonyl (C=O) groups is 1. The van der Waals surface area contributed by atoms with E-state index in [0.717, 1.165) is 19.3 Å². The lowest BCUT2D eigenvalue weighted by molar-refractivity contribution is -0.116. The fourth-order valence-electron chi connectivity index (χ4n) is 1.06. The summed E-state index contributed by atoms with van der Waals surface area (Å²) in [5, 5.41) is 13.7. The van der Waals surface area contributed by atoms with Crippen molar-refractivity contribution in [3.8, 4) is 0 Å². The van der Waals surface area contributed by atoms with Crippen LogP contribution in [0.15, 0.2) is 0 Å². The summed E-state index contributed by atoms with van der Waals surface area (Å²) in [5.41, 5.74) is 0. The van der Waals surface area contributed by atoms with Gasteiger partial charge in [0.15, 0.2) is 0 Å². The molecule has 0 aliphatic carbocycles. The largest absolute Gasteiger partial charge is 0.292 e. The van der Waals surface area contributed by atoms with Gasteiger partial charge in [-0.15, -0.1) is 5.10 Å². The number of rotatable bonds is 5. The number of hydrogen-bond acceptors (Lipinski definition) is 4. The zero-order chi connectivity index (χ0) is 10.4. The summed E-state index contributed by atoms with van der Waals surface area (Å²) in [6.07, 6.45) is 3.60. The summed E-state index contributed by atoms with van der Waals surface area (Å²) < 4.78 is 0. The average Bonchev–Trinajstić information content (AvgIpc) is 2.52. The van der Waals surface area contributed by atoms with Crippen molar-refractivity contribution in [3.63, 3.8) is 0 Å². The molecule has 0 unspecified atom stereocenters. The highest BCUT2D eigenvalue weighted by atomic mass is 16.1. The van der Waals surface area contributed by atoms with Crippen molar-refractivity contribution in [3.05, 3.63) is 0 Å². The van der Waals surface area contributed by atoms with Crippen molar-refractivity contribution in [2.45, 2.75) is 32.6 Å². The van der Waals surface area contributed by atoms with Crippen LogP contribution in [0.2, 0.25) is 0 Å². The molecule has 1 heterocycles. The molecule has 0 atom stereocenters. The number of aromatic nitrogens is 4. The monoisotopic (exact) mass is 197 g/mol. The van der Waals surface area contributed by atoms with Crippen LogP contribution in [-0.2, 0) is 11.8 Å². The van der Waals surface area contributed by atoms with Crippen LogP contribution in [0.25, 0.3) is 0 Å². The molecule has 0 saturated heterocycles. The van der Waals surface area contributed by atoms with Gasteiger partial charge in [0, 0.05) is 6.42 Å². The highest BCUT2D eigenvalue weighted by Crippen LogP contribution is 2.01. The molecule has 0 bridgehead atoms. The Morgan fingerprint density at radius 1 is 1.50 bits per heavy atom. The second kappa shape index (κ2) is 5.31. The minimum atomic E-state index is -0.0496. The van der Waals surface area contributed by atoms with E-state index >= 15 is 0 Å². The smallest absolute Gasteiger partial charge is 0.270 e. The van der Waals surface area contributed by atoms with E-state index in [1.54, 1.807) is 7.05 Å². The van der Waals surface area contributed by atoms with Crippen molar-refractivity contribution in [1.29, 1.82) is 0 Å². The summed E-state index contributed by atoms with van der Waals surface area (Å²) >= 11 is 0. The predicted octanol–water partition coefficient (Wildman–Crippen LogP) is 0.729. The second-order valence-electron chi connectivity index (χ2n) is 3.11. The number of hydrogen-bond donors (Lipinski definition) is 1. The van der Waals surface area contributed by atoms with E-state index in [9.17, 15) is 4.79 Å². The number of nitrogens with one attached hydrogen (secondary N) is 1. The minimum absolute atomic E-state index is 0.0496. The van der Waals surface area contributed by atoms with Crippen LogP contribution < -0.4 is 5.32 Å². The first-order valence-electron chi connectivity index (χ1n) is 4.76. The Morgan fingerprint density at radius 3 is 2.86 bits per heavy atom. The summed E-state index contributed by atoms with van der Waals surface area (Å²) in [7, 11) is 1.65. The molecule has 6 heteroatoms. The molecular weight excluding hydrogens is 182 g/mol. The third-order valence-electron chi connectivity index (χ3n) is 1.77. The van der Waals surface area contributed by atoms with Crippen LogP contribution >= 0.6 is 0 Å². The lowest BCUT2D eigenvalue weighted by atomic mass is 10.2. The molecule has 0 radical (unpaired) electrons. The van der Waals surface area contributed by atoms with E-state index < -0.39 is 0 Å². The lowest BCUT2D eigenvalue weighted by Gasteiger charge is -1.98. The van der Waals surface area contributed by atoms with E-state index in [2.05, 4.69) is 27.7 Å². The fraction of sp³-hybridized carbons (Fsp3) is 0.750. The lowest BCUT2D eigenvalue weighted by Crippen LogP contribution is -2.12. The molecule has 1 amide bonds. The number of amides is 1. The average molecular weight is 197 g/mol. The number of aryl methyl sites for hydroxylation is 1. The number of tetrazole rings is 1. The van der Waals surface area contributed by atoms with Gasteiger partial charge in [0.1, 0.15) is 0 Å². The molecule has 0 fully saturated rings. The molecule has 6 nitrogen and oxygen atoms in total. The maximum absolute atomic E-state index is 11.3. The maximum atomic E-state index is 11.3. The molecule has 0 saturated carbocycles. The van der Waals surface area contributed by atoms with Gasteiger partial charge in [0.25, 0.3) is 5.95 Å². The van der Waals surface area contributed by atoms with Crippen molar-refractivity contribution in [2.75, 3.05) is 5.32 Å². The molecule has 1 N–H and O–H groups in total. The summed E-state index contributed by atoms with van der Waals surface area (Å²) in [6.45, 7) is 2.10. The fourth-order valence-corrected chi connectivity index (χ4v) is 1.06. The summed E-state index contributed by atoms with van der Waals surface area (Å²) in [6, 6.07) is 0. The minimum Gasteiger partial charge on any atom is -0.292 e. The van der Waals surface area contributed by atoms with Gasteiger partial charge in [-0.05, 0) is 11.6 Å². The van der Waals surface area contributed by atoms with E-state index in [4.69, 9.17) is 0 Å². The van der Waals surface area contributed by atoms with Crippen molar-refractivity contribution >= 4 is 11.9 Å². The first-order chi connectivity index (χ1) is 6.72. The van der Waals surface area contributed by atoms with Gasteiger partial charge < -0.3 is 0 Å². The van der Waals surface area contributed by atoms with E-state index in [-0.39, 0.29) is 11.9 Å². The van der Waals surface area contributed by atoms with Crippen LogP contribution in [0.4, 0.5) is 5.95 Å². The van der Waals surface area contributed by atoms with Crippen LogP contribution in [0.1, 0.15) is 32.6 Å². The first kappa shape index (κ1) is 10.6. The van der Waals surface area contributed by atoms with E-state index in [1.807, 2.05) is 0 Å². The van der Waals surface area contributed by atoms with Crippen LogP contribution in [0, 0.1) is 0 Å². The standard InChI is InChI=1S/C8H15N5O/c1-3-4-5-6-7(14)9-8-10-12-13(2)11-8/h3-6H2,1-2H3,(H,9,11,14). The van der Waals surface area contributed by atoms with Gasteiger partial charge >= 0.3 is 0 Å². The van der Waals surface area contributed by atoms with Gasteiger partial charge in [0.2, 0.25) is 5.91 Å². The Hall–Kier alpha value is -1.46. The highest BCUT2D eigenvalue weighted by molar-refractivity contribution is 5.88. The zero-order valence-corrected chi connectivity index (χ0v) is 8.53. The van der Waals surface area contributed by atoms with Crippen LogP contribution in [0.5, 0.6) is 0 Å². The Labute approximate surface area is 82.7 Å². The normalized spacial score (nSPS) is 10.1. The Kier molecular flexibility index (Phi) is 4.03. The molecule has 78 valence electrons. The number of nitrogens with zero attached hydrogens (tertiary/aromatic N) is 4. The SMILES string of the molecule is CCCCCC(=O)Nc1nnn(C)n1. The molecule has 0 spiro atoms. The van der Waals surface area contributed by atoms with Crippen LogP contribution in [-0.4, -0.2) is 26.1 Å². The van der Waals surface area contributed by atoms with Gasteiger partial charge in [-0.25, -0.2) is 0 Å². The maximum Gasteiger partial charge on any atom is 0.270 e. The van der Waals surface area contributed by atoms with Crippen molar-refractivity contribution in [2.24, 2.45) is 7.05 Å². The van der Waals surface area contributed by atoms with E-state index in [0.29, 0.717) is 6.42 Å². The predicted molar refractivity (Wildman–Crippen MR) is 51.6 cm³/mol. The molecule has 1 rings (SSSR count). The van der Waals surface area contributed by atoms with Crippen molar-refractivity contribution in [1.82, 2.24) is 20.2 Å². The van der Waals surface area contributed by atoms with Gasteiger partial charge in [-0.2, -0.15) is 4.80 Å². The number of carbonyl (C=O) groups excluding carboxylic acids is 1. The van der Waals surface area contributed by atoms with E-state index in [1.165, 1.54) is 4.80 Å². The summed E-state index contributed by atoms with van der Waals surface area (Å²) in [4.78, 5) is 12.6. The zero-order valence-electron chi connectivity index (χ0n) is 8.53. The molecular formula is C8H15N5O. The molecule has 0 aliphatic heterocycles. The Balaban J connectivity index is 2.27. The highest BCUT2D eigenvalue weighted by Gasteiger charge is 2.05.